The van der Waals surface area contributed by atoms with Crippen LogP contribution in [0.15, 0.2) is 60.1 Å². The first-order valence-corrected chi connectivity index (χ1v) is 9.51. The van der Waals surface area contributed by atoms with Crippen LogP contribution in [0.5, 0.6) is 0 Å². The predicted octanol–water partition coefficient (Wildman–Crippen LogP) is 4.79. The van der Waals surface area contributed by atoms with Crippen LogP contribution >= 0.6 is 0 Å². The molecule has 8 heteroatoms. The Kier molecular flexibility index (Phi) is 4.67. The summed E-state index contributed by atoms with van der Waals surface area (Å²) in [5.74, 6) is -2.31. The number of nitrogens with zero attached hydrogens (tertiary/aromatic N) is 2. The quantitative estimate of drug-likeness (QED) is 0.728. The molecule has 0 spiro atoms. The summed E-state index contributed by atoms with van der Waals surface area (Å²) in [7, 11) is 0. The maximum Gasteiger partial charge on any atom is 0.471 e. The zero-order valence-corrected chi connectivity index (χ0v) is 16.5. The Labute approximate surface area is 171 Å². The fraction of sp³-hybridized carbons (Fsp3) is 0.318. The van der Waals surface area contributed by atoms with Gasteiger partial charge in [-0.15, -0.1) is 0 Å². The van der Waals surface area contributed by atoms with Crippen LogP contribution in [0, 0.1) is 5.41 Å². The second kappa shape index (κ2) is 6.97. The summed E-state index contributed by atoms with van der Waals surface area (Å²) >= 11 is 0. The molecule has 0 bridgehead atoms. The normalized spacial score (nSPS) is 20.8. The number of para-hydroxylation sites is 2. The largest absolute Gasteiger partial charge is 0.471 e. The molecule has 1 aromatic carbocycles. The number of rotatable bonds is 1. The maximum atomic E-state index is 13.7. The Hall–Kier alpha value is -3.16. The first kappa shape index (κ1) is 20.1. The van der Waals surface area contributed by atoms with E-state index >= 15 is 0 Å². The van der Waals surface area contributed by atoms with E-state index < -0.39 is 18.1 Å². The van der Waals surface area contributed by atoms with E-state index in [1.165, 1.54) is 18.5 Å². The Morgan fingerprint density at radius 3 is 2.57 bits per heavy atom. The lowest BCUT2D eigenvalue weighted by Crippen LogP contribution is -2.45. The SMILES string of the molecule is CC1(C)CC(=O)C2=C(C1)Nc1ccccc1N(C(=O)C(F)(F)F)C2c1cccnc1. The van der Waals surface area contributed by atoms with Gasteiger partial charge in [0.25, 0.3) is 0 Å². The lowest BCUT2D eigenvalue weighted by atomic mass is 9.73. The van der Waals surface area contributed by atoms with Gasteiger partial charge in [-0.05, 0) is 35.6 Å². The van der Waals surface area contributed by atoms with Crippen molar-refractivity contribution in [1.82, 2.24) is 4.98 Å². The summed E-state index contributed by atoms with van der Waals surface area (Å²) in [5, 5.41) is 3.16. The van der Waals surface area contributed by atoms with Crippen molar-refractivity contribution in [2.45, 2.75) is 38.9 Å². The van der Waals surface area contributed by atoms with Crippen LogP contribution in [0.25, 0.3) is 0 Å². The van der Waals surface area contributed by atoms with Crippen LogP contribution in [-0.2, 0) is 9.59 Å². The van der Waals surface area contributed by atoms with Gasteiger partial charge in [0.2, 0.25) is 0 Å². The summed E-state index contributed by atoms with van der Waals surface area (Å²) in [6.07, 6.45) is -1.59. The van der Waals surface area contributed by atoms with Crippen molar-refractivity contribution >= 4 is 23.1 Å². The molecule has 0 fully saturated rings. The molecule has 156 valence electrons. The second-order valence-electron chi connectivity index (χ2n) is 8.34. The number of allylic oxidation sites excluding steroid dienone is 1. The first-order valence-electron chi connectivity index (χ1n) is 9.51. The smallest absolute Gasteiger partial charge is 0.357 e. The number of carbonyl (C=O) groups is 2. The highest BCUT2D eigenvalue weighted by Crippen LogP contribution is 2.49. The molecule has 2 aliphatic rings. The summed E-state index contributed by atoms with van der Waals surface area (Å²) in [5.41, 5.74) is 1.11. The highest BCUT2D eigenvalue weighted by atomic mass is 19.4. The third-order valence-corrected chi connectivity index (χ3v) is 5.36. The average molecular weight is 415 g/mol. The number of pyridine rings is 1. The number of halogens is 3. The number of alkyl halides is 3. The van der Waals surface area contributed by atoms with Crippen LogP contribution < -0.4 is 10.2 Å². The molecule has 1 aliphatic carbocycles. The third kappa shape index (κ3) is 3.46. The topological polar surface area (TPSA) is 62.3 Å². The Balaban J connectivity index is 2.03. The van der Waals surface area contributed by atoms with E-state index in [1.54, 1.807) is 30.3 Å². The number of nitrogens with one attached hydrogen (secondary N) is 1. The van der Waals surface area contributed by atoms with Gasteiger partial charge in [0.05, 0.1) is 17.4 Å². The van der Waals surface area contributed by atoms with Crippen molar-refractivity contribution < 1.29 is 22.8 Å². The molecule has 1 unspecified atom stereocenters. The standard InChI is InChI=1S/C22H20F3N3O2/c1-21(2)10-15-18(17(29)11-21)19(13-6-5-9-26-12-13)28(20(30)22(23,24)25)16-8-4-3-7-14(16)27-15/h3-9,12,19,27H,10-11H2,1-2H3. The summed E-state index contributed by atoms with van der Waals surface area (Å²) in [4.78, 5) is 30.6. The number of benzene rings is 1. The van der Waals surface area contributed by atoms with Crippen LogP contribution in [-0.4, -0.2) is 22.9 Å². The van der Waals surface area contributed by atoms with Crippen molar-refractivity contribution in [2.24, 2.45) is 5.41 Å². The van der Waals surface area contributed by atoms with Gasteiger partial charge in [0.1, 0.15) is 0 Å². The Bertz CT molecular complexity index is 1050. The Morgan fingerprint density at radius 2 is 1.90 bits per heavy atom. The minimum atomic E-state index is -5.12. The number of Topliss-reactive ketones (excluding diaryl/α,β-unsaturated/α-hetero) is 1. The van der Waals surface area contributed by atoms with Crippen LogP contribution in [0.1, 0.15) is 38.3 Å². The monoisotopic (exact) mass is 415 g/mol. The fourth-order valence-corrected chi connectivity index (χ4v) is 4.20. The van der Waals surface area contributed by atoms with Crippen molar-refractivity contribution in [1.29, 1.82) is 0 Å². The predicted molar refractivity (Wildman–Crippen MR) is 106 cm³/mol. The van der Waals surface area contributed by atoms with Crippen molar-refractivity contribution in [3.8, 4) is 0 Å². The first-order chi connectivity index (χ1) is 14.1. The van der Waals surface area contributed by atoms with E-state index in [9.17, 15) is 22.8 Å². The van der Waals surface area contributed by atoms with Crippen molar-refractivity contribution in [3.05, 3.63) is 65.6 Å². The van der Waals surface area contributed by atoms with Gasteiger partial charge >= 0.3 is 12.1 Å². The Morgan fingerprint density at radius 1 is 1.17 bits per heavy atom. The molecule has 0 radical (unpaired) electrons. The lowest BCUT2D eigenvalue weighted by molar-refractivity contribution is -0.170. The molecule has 1 aromatic heterocycles. The molecule has 2 heterocycles. The summed E-state index contributed by atoms with van der Waals surface area (Å²) < 4.78 is 41.0. The number of amides is 1. The van der Waals surface area contributed by atoms with Gasteiger partial charge in [0, 0.05) is 30.1 Å². The maximum absolute atomic E-state index is 13.7. The van der Waals surface area contributed by atoms with Gasteiger partial charge in [-0.25, -0.2) is 0 Å². The van der Waals surface area contributed by atoms with E-state index in [2.05, 4.69) is 10.3 Å². The molecule has 4 rings (SSSR count). The minimum Gasteiger partial charge on any atom is -0.357 e. The van der Waals surface area contributed by atoms with Crippen LogP contribution in [0.3, 0.4) is 0 Å². The molecule has 1 N–H and O–H groups in total. The van der Waals surface area contributed by atoms with E-state index in [0.717, 1.165) is 0 Å². The highest BCUT2D eigenvalue weighted by Gasteiger charge is 2.50. The molecular formula is C22H20F3N3O2. The number of ketones is 1. The number of hydrogen-bond acceptors (Lipinski definition) is 4. The molecule has 0 saturated heterocycles. The van der Waals surface area contributed by atoms with E-state index in [1.807, 2.05) is 13.8 Å². The van der Waals surface area contributed by atoms with Crippen molar-refractivity contribution in [3.63, 3.8) is 0 Å². The van der Waals surface area contributed by atoms with E-state index in [4.69, 9.17) is 0 Å². The molecule has 1 amide bonds. The summed E-state index contributed by atoms with van der Waals surface area (Å²) in [6, 6.07) is 8.21. The number of anilines is 2. The molecule has 5 nitrogen and oxygen atoms in total. The number of carbonyl (C=O) groups excluding carboxylic acids is 2. The molecule has 0 saturated carbocycles. The molecule has 2 aromatic rings. The summed E-state index contributed by atoms with van der Waals surface area (Å²) in [6.45, 7) is 3.87. The van der Waals surface area contributed by atoms with Gasteiger partial charge in [0.15, 0.2) is 5.78 Å². The zero-order valence-electron chi connectivity index (χ0n) is 16.5. The second-order valence-corrected chi connectivity index (χ2v) is 8.34. The van der Waals surface area contributed by atoms with Crippen molar-refractivity contribution in [2.75, 3.05) is 10.2 Å². The molecule has 1 atom stereocenters. The van der Waals surface area contributed by atoms with Crippen LogP contribution in [0.4, 0.5) is 24.5 Å². The van der Waals surface area contributed by atoms with Crippen LogP contribution in [0.2, 0.25) is 0 Å². The number of fused-ring (bicyclic) bond motifs is 1. The average Bonchev–Trinajstić information content (AvgIpc) is 2.80. The lowest BCUT2D eigenvalue weighted by Gasteiger charge is -2.37. The van der Waals surface area contributed by atoms with E-state index in [0.29, 0.717) is 28.3 Å². The molecular weight excluding hydrogens is 395 g/mol. The zero-order chi connectivity index (χ0) is 21.7. The van der Waals surface area contributed by atoms with Gasteiger partial charge < -0.3 is 5.32 Å². The van der Waals surface area contributed by atoms with Gasteiger partial charge in [-0.2, -0.15) is 13.2 Å². The third-order valence-electron chi connectivity index (χ3n) is 5.36. The number of hydrogen-bond donors (Lipinski definition) is 1. The molecule has 30 heavy (non-hydrogen) atoms. The minimum absolute atomic E-state index is 0.0636. The molecule has 1 aliphatic heterocycles. The van der Waals surface area contributed by atoms with Gasteiger partial charge in [-0.1, -0.05) is 32.0 Å². The number of aromatic nitrogens is 1. The fourth-order valence-electron chi connectivity index (χ4n) is 4.20. The highest BCUT2D eigenvalue weighted by molar-refractivity contribution is 6.07. The van der Waals surface area contributed by atoms with E-state index in [-0.39, 0.29) is 28.9 Å². The van der Waals surface area contributed by atoms with Gasteiger partial charge in [-0.3, -0.25) is 19.5 Å².